The molecular weight excluding hydrogens is 363 g/mol. The molecule has 0 unspecified atom stereocenters. The molecule has 0 bridgehead atoms. The summed E-state index contributed by atoms with van der Waals surface area (Å²) in [6.07, 6.45) is -4.50. The zero-order valence-electron chi connectivity index (χ0n) is 14.8. The Labute approximate surface area is 153 Å². The van der Waals surface area contributed by atoms with Gasteiger partial charge in [0.15, 0.2) is 0 Å². The van der Waals surface area contributed by atoms with Crippen LogP contribution in [0.1, 0.15) is 37.7 Å². The molecule has 1 saturated heterocycles. The summed E-state index contributed by atoms with van der Waals surface area (Å²) in [6.45, 7) is 4.38. The van der Waals surface area contributed by atoms with E-state index in [-0.39, 0.29) is 37.6 Å². The quantitative estimate of drug-likeness (QED) is 0.802. The Bertz CT molecular complexity index is 849. The van der Waals surface area contributed by atoms with E-state index in [1.807, 2.05) is 0 Å². The van der Waals surface area contributed by atoms with E-state index in [9.17, 15) is 22.8 Å². The van der Waals surface area contributed by atoms with E-state index in [1.54, 1.807) is 18.7 Å². The second kappa shape index (κ2) is 7.05. The van der Waals surface area contributed by atoms with Crippen LogP contribution < -0.4 is 0 Å². The number of aromatic nitrogens is 1. The Kier molecular flexibility index (Phi) is 4.95. The van der Waals surface area contributed by atoms with Crippen molar-refractivity contribution in [2.75, 3.05) is 26.2 Å². The topological polar surface area (TPSA) is 66.7 Å². The monoisotopic (exact) mass is 381 g/mol. The number of carbonyl (C=O) groups excluding carboxylic acids is 2. The summed E-state index contributed by atoms with van der Waals surface area (Å²) in [7, 11) is 0. The molecule has 1 fully saturated rings. The lowest BCUT2D eigenvalue weighted by Crippen LogP contribution is -2.50. The number of hydrogen-bond donors (Lipinski definition) is 0. The van der Waals surface area contributed by atoms with Gasteiger partial charge in [0.2, 0.25) is 0 Å². The van der Waals surface area contributed by atoms with Crippen LogP contribution in [0.2, 0.25) is 0 Å². The molecule has 3 rings (SSSR count). The van der Waals surface area contributed by atoms with Gasteiger partial charge in [-0.05, 0) is 32.0 Å². The van der Waals surface area contributed by atoms with Crippen LogP contribution in [0.5, 0.6) is 0 Å². The maximum absolute atomic E-state index is 12.8. The molecule has 1 aromatic carbocycles. The number of hydrogen-bond acceptors (Lipinski definition) is 4. The molecule has 9 heteroatoms. The Morgan fingerprint density at radius 2 is 1.63 bits per heavy atom. The van der Waals surface area contributed by atoms with Gasteiger partial charge in [-0.25, -0.2) is 0 Å². The maximum Gasteiger partial charge on any atom is 0.416 e. The minimum Gasteiger partial charge on any atom is -0.361 e. The molecule has 1 aliphatic heterocycles. The van der Waals surface area contributed by atoms with E-state index in [0.717, 1.165) is 12.1 Å². The number of nitrogens with zero attached hydrogens (tertiary/aromatic N) is 3. The Morgan fingerprint density at radius 3 is 2.15 bits per heavy atom. The predicted octanol–water partition coefficient (Wildman–Crippen LogP) is 2.91. The van der Waals surface area contributed by atoms with Crippen LogP contribution in [0.25, 0.3) is 0 Å². The molecule has 2 amide bonds. The van der Waals surface area contributed by atoms with E-state index in [2.05, 4.69) is 5.16 Å². The average Bonchev–Trinajstić information content (AvgIpc) is 2.98. The van der Waals surface area contributed by atoms with Crippen LogP contribution in [0.3, 0.4) is 0 Å². The van der Waals surface area contributed by atoms with Crippen molar-refractivity contribution < 1.29 is 27.3 Å². The molecule has 0 N–H and O–H groups in total. The van der Waals surface area contributed by atoms with Gasteiger partial charge in [0, 0.05) is 31.7 Å². The lowest BCUT2D eigenvalue weighted by Gasteiger charge is -2.34. The highest BCUT2D eigenvalue weighted by molar-refractivity contribution is 5.97. The SMILES string of the molecule is Cc1noc(C)c1C(=O)N1CCN(C(=O)c2cccc(C(F)(F)F)c2)CC1. The molecule has 6 nitrogen and oxygen atoms in total. The molecule has 144 valence electrons. The van der Waals surface area contributed by atoms with E-state index < -0.39 is 17.6 Å². The van der Waals surface area contributed by atoms with Crippen LogP contribution in [0.4, 0.5) is 13.2 Å². The second-order valence-electron chi connectivity index (χ2n) is 6.36. The van der Waals surface area contributed by atoms with Crippen LogP contribution in [-0.2, 0) is 6.18 Å². The zero-order valence-corrected chi connectivity index (χ0v) is 14.8. The van der Waals surface area contributed by atoms with Crippen molar-refractivity contribution in [1.82, 2.24) is 15.0 Å². The molecule has 1 aromatic heterocycles. The smallest absolute Gasteiger partial charge is 0.361 e. The van der Waals surface area contributed by atoms with Crippen molar-refractivity contribution in [1.29, 1.82) is 0 Å². The summed E-state index contributed by atoms with van der Waals surface area (Å²) in [4.78, 5) is 28.2. The van der Waals surface area contributed by atoms with E-state index in [1.165, 1.54) is 17.0 Å². The predicted molar refractivity (Wildman–Crippen MR) is 89.2 cm³/mol. The first-order valence-corrected chi connectivity index (χ1v) is 8.37. The lowest BCUT2D eigenvalue weighted by molar-refractivity contribution is -0.137. The first-order chi connectivity index (χ1) is 12.7. The fourth-order valence-corrected chi connectivity index (χ4v) is 3.07. The number of halogens is 3. The molecular formula is C18H18F3N3O3. The summed E-state index contributed by atoms with van der Waals surface area (Å²) in [5.74, 6) is -0.275. The molecule has 0 atom stereocenters. The number of amides is 2. The molecule has 1 aliphatic rings. The van der Waals surface area contributed by atoms with Crippen LogP contribution in [0, 0.1) is 13.8 Å². The van der Waals surface area contributed by atoms with E-state index >= 15 is 0 Å². The summed E-state index contributed by atoms with van der Waals surface area (Å²) >= 11 is 0. The third-order valence-corrected chi connectivity index (χ3v) is 4.54. The number of aryl methyl sites for hydroxylation is 2. The van der Waals surface area contributed by atoms with Crippen molar-refractivity contribution in [2.45, 2.75) is 20.0 Å². The molecule has 0 aliphatic carbocycles. The zero-order chi connectivity index (χ0) is 19.8. The molecule has 2 aromatic rings. The third-order valence-electron chi connectivity index (χ3n) is 4.54. The third kappa shape index (κ3) is 3.81. The second-order valence-corrected chi connectivity index (χ2v) is 6.36. The van der Waals surface area contributed by atoms with E-state index in [4.69, 9.17) is 4.52 Å². The van der Waals surface area contributed by atoms with Crippen molar-refractivity contribution in [3.63, 3.8) is 0 Å². The summed E-state index contributed by atoms with van der Waals surface area (Å²) in [5.41, 5.74) is 0.0310. The highest BCUT2D eigenvalue weighted by Crippen LogP contribution is 2.30. The Morgan fingerprint density at radius 1 is 1.04 bits per heavy atom. The number of alkyl halides is 3. The molecule has 27 heavy (non-hydrogen) atoms. The van der Waals surface area contributed by atoms with Crippen LogP contribution >= 0.6 is 0 Å². The van der Waals surface area contributed by atoms with E-state index in [0.29, 0.717) is 17.0 Å². The fourth-order valence-electron chi connectivity index (χ4n) is 3.07. The standard InChI is InChI=1S/C18H18F3N3O3/c1-11-15(12(2)27-22-11)17(26)24-8-6-23(7-9-24)16(25)13-4-3-5-14(10-13)18(19,20)21/h3-5,10H,6-9H2,1-2H3. The number of carbonyl (C=O) groups is 2. The van der Waals surface area contributed by atoms with Gasteiger partial charge in [-0.1, -0.05) is 11.2 Å². The highest BCUT2D eigenvalue weighted by atomic mass is 19.4. The minimum absolute atomic E-state index is 0.0182. The van der Waals surface area contributed by atoms with Gasteiger partial charge in [0.1, 0.15) is 11.3 Å². The normalized spacial score (nSPS) is 15.1. The van der Waals surface area contributed by atoms with Gasteiger partial charge in [-0.2, -0.15) is 13.2 Å². The molecule has 0 spiro atoms. The van der Waals surface area contributed by atoms with Gasteiger partial charge in [-0.15, -0.1) is 0 Å². The number of rotatable bonds is 2. The largest absolute Gasteiger partial charge is 0.416 e. The number of benzene rings is 1. The van der Waals surface area contributed by atoms with Gasteiger partial charge in [0.25, 0.3) is 11.8 Å². The molecule has 2 heterocycles. The van der Waals surface area contributed by atoms with Crippen LogP contribution in [0.15, 0.2) is 28.8 Å². The van der Waals surface area contributed by atoms with Crippen molar-refractivity contribution in [3.8, 4) is 0 Å². The Balaban J connectivity index is 1.67. The average molecular weight is 381 g/mol. The van der Waals surface area contributed by atoms with Gasteiger partial charge in [-0.3, -0.25) is 9.59 Å². The van der Waals surface area contributed by atoms with Gasteiger partial charge in [0.05, 0.1) is 11.3 Å². The maximum atomic E-state index is 12.8. The number of piperazine rings is 1. The van der Waals surface area contributed by atoms with Crippen molar-refractivity contribution in [2.24, 2.45) is 0 Å². The summed E-state index contributed by atoms with van der Waals surface area (Å²) in [6, 6.07) is 4.35. The van der Waals surface area contributed by atoms with Crippen molar-refractivity contribution in [3.05, 3.63) is 52.4 Å². The summed E-state index contributed by atoms with van der Waals surface area (Å²) < 4.78 is 43.5. The fraction of sp³-hybridized carbons (Fsp3) is 0.389. The van der Waals surface area contributed by atoms with Gasteiger partial charge < -0.3 is 14.3 Å². The Hall–Kier alpha value is -2.84. The van der Waals surface area contributed by atoms with Crippen molar-refractivity contribution >= 4 is 11.8 Å². The van der Waals surface area contributed by atoms with Crippen LogP contribution in [-0.4, -0.2) is 52.9 Å². The first-order valence-electron chi connectivity index (χ1n) is 8.37. The lowest BCUT2D eigenvalue weighted by atomic mass is 10.1. The van der Waals surface area contributed by atoms with Gasteiger partial charge >= 0.3 is 6.18 Å². The summed E-state index contributed by atoms with van der Waals surface area (Å²) in [5, 5.41) is 3.76. The minimum atomic E-state index is -4.50. The highest BCUT2D eigenvalue weighted by Gasteiger charge is 2.32. The molecule has 0 radical (unpaired) electrons. The first kappa shape index (κ1) is 18.9. The molecule has 0 saturated carbocycles.